The molecule has 0 aromatic heterocycles. The Kier molecular flexibility index (Phi) is 5.29. The number of hydrogen-bond donors (Lipinski definition) is 0. The number of halogens is 9. The van der Waals surface area contributed by atoms with Crippen LogP contribution in [0.1, 0.15) is 42.0 Å². The topological polar surface area (TPSA) is 0 Å². The zero-order valence-corrected chi connectivity index (χ0v) is 13.9. The summed E-state index contributed by atoms with van der Waals surface area (Å²) in [4.78, 5) is 0. The first kappa shape index (κ1) is 21.1. The molecule has 0 bridgehead atoms. The molecule has 2 aromatic rings. The second-order valence-electron chi connectivity index (χ2n) is 6.21. The van der Waals surface area contributed by atoms with E-state index in [4.69, 9.17) is 0 Å². The minimum Gasteiger partial charge on any atom is -0.166 e. The minimum absolute atomic E-state index is 0.0396. The van der Waals surface area contributed by atoms with Crippen LogP contribution < -0.4 is 0 Å². The van der Waals surface area contributed by atoms with Crippen LogP contribution in [0.3, 0.4) is 0 Å². The lowest BCUT2D eigenvalue weighted by Gasteiger charge is -2.19. The van der Waals surface area contributed by atoms with Gasteiger partial charge in [-0.15, -0.1) is 0 Å². The molecule has 0 saturated heterocycles. The molecule has 0 N–H and O–H groups in total. The van der Waals surface area contributed by atoms with Crippen molar-refractivity contribution >= 4 is 0 Å². The largest absolute Gasteiger partial charge is 0.417 e. The van der Waals surface area contributed by atoms with Gasteiger partial charge < -0.3 is 0 Å². The molecule has 0 atom stereocenters. The van der Waals surface area contributed by atoms with Gasteiger partial charge in [0.15, 0.2) is 0 Å². The molecule has 0 radical (unpaired) electrons. The Morgan fingerprint density at radius 1 is 0.630 bits per heavy atom. The Balaban J connectivity index is 2.73. The van der Waals surface area contributed by atoms with Gasteiger partial charge in [0.1, 0.15) is 0 Å². The third kappa shape index (κ3) is 4.56. The molecular formula is C18H13F9. The highest BCUT2D eigenvalue weighted by molar-refractivity contribution is 5.70. The van der Waals surface area contributed by atoms with E-state index in [-0.39, 0.29) is 17.2 Å². The fourth-order valence-corrected chi connectivity index (χ4v) is 2.67. The van der Waals surface area contributed by atoms with Gasteiger partial charge in [-0.05, 0) is 40.8 Å². The molecule has 0 aliphatic rings. The third-order valence-electron chi connectivity index (χ3n) is 3.94. The molecule has 27 heavy (non-hydrogen) atoms. The summed E-state index contributed by atoms with van der Waals surface area (Å²) in [6.07, 6.45) is -14.8. The SMILES string of the molecule is CC(C)c1cc(-c2ccc(C(F)(F)F)cc2C(F)(F)F)ccc1C(F)(F)F. The number of rotatable bonds is 2. The van der Waals surface area contributed by atoms with Gasteiger partial charge in [-0.1, -0.05) is 32.0 Å². The van der Waals surface area contributed by atoms with Crippen LogP contribution in [-0.4, -0.2) is 0 Å². The second-order valence-corrected chi connectivity index (χ2v) is 6.21. The minimum atomic E-state index is -5.11. The normalized spacial score (nSPS) is 13.3. The fourth-order valence-electron chi connectivity index (χ4n) is 2.67. The molecule has 0 unspecified atom stereocenters. The lowest BCUT2D eigenvalue weighted by Crippen LogP contribution is -2.13. The molecule has 2 aromatic carbocycles. The number of benzene rings is 2. The van der Waals surface area contributed by atoms with Gasteiger partial charge in [0.2, 0.25) is 0 Å². The quantitative estimate of drug-likeness (QED) is 0.457. The smallest absolute Gasteiger partial charge is 0.166 e. The number of alkyl halides is 9. The van der Waals surface area contributed by atoms with E-state index in [1.807, 2.05) is 0 Å². The molecule has 0 aliphatic carbocycles. The van der Waals surface area contributed by atoms with Gasteiger partial charge in [-0.25, -0.2) is 0 Å². The molecule has 148 valence electrons. The second kappa shape index (κ2) is 6.76. The van der Waals surface area contributed by atoms with Crippen LogP contribution in [-0.2, 0) is 18.5 Å². The van der Waals surface area contributed by atoms with E-state index in [1.54, 1.807) is 0 Å². The van der Waals surface area contributed by atoms with Gasteiger partial charge in [0, 0.05) is 0 Å². The fraction of sp³-hybridized carbons (Fsp3) is 0.333. The third-order valence-corrected chi connectivity index (χ3v) is 3.94. The summed E-state index contributed by atoms with van der Waals surface area (Å²) in [5.41, 5.74) is -5.16. The predicted molar refractivity (Wildman–Crippen MR) is 81.0 cm³/mol. The molecule has 0 nitrogen and oxygen atoms in total. The van der Waals surface area contributed by atoms with E-state index in [2.05, 4.69) is 0 Å². The van der Waals surface area contributed by atoms with Gasteiger partial charge in [-0.2, -0.15) is 39.5 Å². The monoisotopic (exact) mass is 400 g/mol. The molecule has 0 saturated carbocycles. The van der Waals surface area contributed by atoms with Crippen LogP contribution in [0.15, 0.2) is 36.4 Å². The molecule has 0 spiro atoms. The maximum Gasteiger partial charge on any atom is 0.417 e. The molecule has 9 heteroatoms. The highest BCUT2D eigenvalue weighted by Crippen LogP contribution is 2.43. The maximum absolute atomic E-state index is 13.3. The van der Waals surface area contributed by atoms with Crippen molar-refractivity contribution in [2.75, 3.05) is 0 Å². The average molecular weight is 400 g/mol. The van der Waals surface area contributed by atoms with Crippen LogP contribution in [0.5, 0.6) is 0 Å². The molecular weight excluding hydrogens is 387 g/mol. The molecule has 0 fully saturated rings. The summed E-state index contributed by atoms with van der Waals surface area (Å²) in [5.74, 6) is -0.662. The lowest BCUT2D eigenvalue weighted by atomic mass is 9.90. The van der Waals surface area contributed by atoms with Crippen molar-refractivity contribution in [3.63, 3.8) is 0 Å². The van der Waals surface area contributed by atoms with Crippen molar-refractivity contribution in [1.82, 2.24) is 0 Å². The summed E-state index contributed by atoms with van der Waals surface area (Å²) >= 11 is 0. The maximum atomic E-state index is 13.3. The van der Waals surface area contributed by atoms with E-state index >= 15 is 0 Å². The highest BCUT2D eigenvalue weighted by atomic mass is 19.4. The molecule has 0 heterocycles. The zero-order chi connectivity index (χ0) is 20.8. The summed E-state index contributed by atoms with van der Waals surface area (Å²) in [7, 11) is 0. The summed E-state index contributed by atoms with van der Waals surface area (Å²) in [6.45, 7) is 2.87. The Bertz CT molecular complexity index is 824. The average Bonchev–Trinajstić information content (AvgIpc) is 2.51. The number of hydrogen-bond acceptors (Lipinski definition) is 0. The van der Waals surface area contributed by atoms with Crippen LogP contribution in [0.2, 0.25) is 0 Å². The highest BCUT2D eigenvalue weighted by Gasteiger charge is 2.39. The Hall–Kier alpha value is -2.19. The first-order chi connectivity index (χ1) is 12.1. The van der Waals surface area contributed by atoms with Crippen molar-refractivity contribution in [2.45, 2.75) is 38.3 Å². The van der Waals surface area contributed by atoms with E-state index < -0.39 is 46.7 Å². The van der Waals surface area contributed by atoms with Gasteiger partial charge in [-0.3, -0.25) is 0 Å². The van der Waals surface area contributed by atoms with Crippen LogP contribution in [0.4, 0.5) is 39.5 Å². The summed E-state index contributed by atoms with van der Waals surface area (Å²) in [5, 5.41) is 0. The Morgan fingerprint density at radius 3 is 1.63 bits per heavy atom. The van der Waals surface area contributed by atoms with Gasteiger partial charge >= 0.3 is 18.5 Å². The van der Waals surface area contributed by atoms with Crippen molar-refractivity contribution in [1.29, 1.82) is 0 Å². The Labute approximate surface area is 148 Å². The first-order valence-corrected chi connectivity index (χ1v) is 7.62. The van der Waals surface area contributed by atoms with Crippen LogP contribution in [0.25, 0.3) is 11.1 Å². The first-order valence-electron chi connectivity index (χ1n) is 7.62. The van der Waals surface area contributed by atoms with Crippen molar-refractivity contribution in [2.24, 2.45) is 0 Å². The summed E-state index contributed by atoms with van der Waals surface area (Å²) in [6, 6.07) is 3.46. The van der Waals surface area contributed by atoms with Gasteiger partial charge in [0.05, 0.1) is 16.7 Å². The van der Waals surface area contributed by atoms with Crippen molar-refractivity contribution in [3.05, 3.63) is 58.7 Å². The lowest BCUT2D eigenvalue weighted by molar-refractivity contribution is -0.143. The molecule has 0 amide bonds. The molecule has 2 rings (SSSR count). The predicted octanol–water partition coefficient (Wildman–Crippen LogP) is 7.53. The van der Waals surface area contributed by atoms with Crippen molar-refractivity contribution < 1.29 is 39.5 Å². The standard InChI is InChI=1S/C18H13F9/c1-9(2)13-7-10(3-6-14(13)17(22,23)24)12-5-4-11(16(19,20)21)8-15(12)18(25,26)27/h3-9H,1-2H3. The van der Waals surface area contributed by atoms with E-state index in [1.165, 1.54) is 13.8 Å². The zero-order valence-electron chi connectivity index (χ0n) is 13.9. The van der Waals surface area contributed by atoms with Crippen LogP contribution >= 0.6 is 0 Å². The van der Waals surface area contributed by atoms with Crippen LogP contribution in [0, 0.1) is 0 Å². The van der Waals surface area contributed by atoms with Gasteiger partial charge in [0.25, 0.3) is 0 Å². The van der Waals surface area contributed by atoms with E-state index in [0.29, 0.717) is 18.2 Å². The van der Waals surface area contributed by atoms with Crippen molar-refractivity contribution in [3.8, 4) is 11.1 Å². The Morgan fingerprint density at radius 2 is 1.19 bits per heavy atom. The summed E-state index contributed by atoms with van der Waals surface area (Å²) < 4.78 is 117. The van der Waals surface area contributed by atoms with E-state index in [0.717, 1.165) is 12.1 Å². The molecule has 0 aliphatic heterocycles. The van der Waals surface area contributed by atoms with E-state index in [9.17, 15) is 39.5 Å².